The Balaban J connectivity index is 2.56. The number of ether oxygens (including phenoxy) is 1. The Kier molecular flexibility index (Phi) is 4.81. The molecule has 0 spiro atoms. The molecule has 1 aromatic heterocycles. The van der Waals surface area contributed by atoms with E-state index in [0.717, 1.165) is 12.1 Å². The second kappa shape index (κ2) is 6.59. The molecule has 0 saturated heterocycles. The van der Waals surface area contributed by atoms with Crippen LogP contribution in [0.25, 0.3) is 11.4 Å². The molecule has 7 nitrogen and oxygen atoms in total. The van der Waals surface area contributed by atoms with Crippen molar-refractivity contribution in [3.63, 3.8) is 0 Å². The molecule has 0 aliphatic heterocycles. The van der Waals surface area contributed by atoms with Gasteiger partial charge in [0.2, 0.25) is 0 Å². The maximum absolute atomic E-state index is 13.2. The summed E-state index contributed by atoms with van der Waals surface area (Å²) in [5.74, 6) is 0.133. The van der Waals surface area contributed by atoms with Gasteiger partial charge in [-0.1, -0.05) is 0 Å². The molecule has 9 heteroatoms. The van der Waals surface area contributed by atoms with Gasteiger partial charge in [0.1, 0.15) is 11.6 Å². The third kappa shape index (κ3) is 3.17. The summed E-state index contributed by atoms with van der Waals surface area (Å²) in [5.41, 5.74) is -0.191. The van der Waals surface area contributed by atoms with Crippen LogP contribution >= 0.6 is 11.6 Å². The molecule has 0 amide bonds. The largest absolute Gasteiger partial charge is 0.383 e. The molecule has 0 N–H and O–H groups in total. The molecular formula is C12H12ClFN4O3. The normalized spacial score (nSPS) is 10.8. The maximum Gasteiger partial charge on any atom is 0.283 e. The Morgan fingerprint density at radius 2 is 2.24 bits per heavy atom. The van der Waals surface area contributed by atoms with Crippen molar-refractivity contribution >= 4 is 17.3 Å². The average Bonchev–Trinajstić information content (AvgIpc) is 2.87. The zero-order chi connectivity index (χ0) is 15.4. The van der Waals surface area contributed by atoms with Gasteiger partial charge in [-0.15, -0.1) is 21.8 Å². The van der Waals surface area contributed by atoms with E-state index in [2.05, 4.69) is 10.2 Å². The van der Waals surface area contributed by atoms with Gasteiger partial charge in [0.25, 0.3) is 5.69 Å². The molecule has 2 aromatic rings. The Bertz CT molecular complexity index is 662. The molecule has 0 fully saturated rings. The van der Waals surface area contributed by atoms with Crippen molar-refractivity contribution in [1.82, 2.24) is 14.8 Å². The van der Waals surface area contributed by atoms with Gasteiger partial charge in [0.15, 0.2) is 5.82 Å². The van der Waals surface area contributed by atoms with Crippen LogP contribution in [0.1, 0.15) is 5.82 Å². The van der Waals surface area contributed by atoms with Crippen LogP contribution in [0.5, 0.6) is 0 Å². The predicted octanol–water partition coefficient (Wildman–Crippen LogP) is 2.38. The van der Waals surface area contributed by atoms with E-state index in [4.69, 9.17) is 16.3 Å². The fourth-order valence-electron chi connectivity index (χ4n) is 1.90. The molecule has 0 radical (unpaired) electrons. The number of rotatable bonds is 6. The monoisotopic (exact) mass is 314 g/mol. The zero-order valence-electron chi connectivity index (χ0n) is 11.1. The molecule has 1 aromatic carbocycles. The number of methoxy groups -OCH3 is 1. The third-order valence-corrected chi connectivity index (χ3v) is 3.10. The number of hydrogen-bond donors (Lipinski definition) is 0. The molecular weight excluding hydrogens is 303 g/mol. The number of aromatic nitrogens is 3. The predicted molar refractivity (Wildman–Crippen MR) is 73.5 cm³/mol. The Morgan fingerprint density at radius 1 is 1.48 bits per heavy atom. The van der Waals surface area contributed by atoms with Crippen LogP contribution in [-0.2, 0) is 17.2 Å². The van der Waals surface area contributed by atoms with Gasteiger partial charge in [0, 0.05) is 13.7 Å². The molecule has 0 atom stereocenters. The number of hydrogen-bond acceptors (Lipinski definition) is 5. The van der Waals surface area contributed by atoms with E-state index in [-0.39, 0.29) is 23.0 Å². The van der Waals surface area contributed by atoms with E-state index >= 15 is 0 Å². The van der Waals surface area contributed by atoms with Crippen molar-refractivity contribution in [3.8, 4) is 11.4 Å². The summed E-state index contributed by atoms with van der Waals surface area (Å²) in [4.78, 5) is 10.4. The van der Waals surface area contributed by atoms with Crippen molar-refractivity contribution in [3.05, 3.63) is 40.0 Å². The highest BCUT2D eigenvalue weighted by molar-refractivity contribution is 6.16. The van der Waals surface area contributed by atoms with Gasteiger partial charge in [-0.2, -0.15) is 0 Å². The van der Waals surface area contributed by atoms with Gasteiger partial charge in [-0.3, -0.25) is 10.1 Å². The summed E-state index contributed by atoms with van der Waals surface area (Å²) in [6.07, 6.45) is 0. The SMILES string of the molecule is COCCn1c(CCl)nnc1-c1ccc(F)cc1[N+](=O)[O-]. The molecule has 0 aliphatic rings. The average molecular weight is 315 g/mol. The van der Waals surface area contributed by atoms with Crippen LogP contribution in [-0.4, -0.2) is 33.4 Å². The molecule has 112 valence electrons. The lowest BCUT2D eigenvalue weighted by Crippen LogP contribution is -2.09. The number of halogens is 2. The quantitative estimate of drug-likeness (QED) is 0.464. The number of benzene rings is 1. The minimum absolute atomic E-state index is 0.103. The summed E-state index contributed by atoms with van der Waals surface area (Å²) < 4.78 is 19.8. The highest BCUT2D eigenvalue weighted by Crippen LogP contribution is 2.29. The van der Waals surface area contributed by atoms with Crippen molar-refractivity contribution < 1.29 is 14.1 Å². The molecule has 0 unspecified atom stereocenters. The first-order valence-electron chi connectivity index (χ1n) is 5.99. The van der Waals surface area contributed by atoms with Gasteiger partial charge in [0.05, 0.1) is 29.0 Å². The molecule has 0 aliphatic carbocycles. The van der Waals surface area contributed by atoms with Crippen molar-refractivity contribution in [2.75, 3.05) is 13.7 Å². The lowest BCUT2D eigenvalue weighted by Gasteiger charge is -2.09. The van der Waals surface area contributed by atoms with Crippen LogP contribution in [0.3, 0.4) is 0 Å². The second-order valence-electron chi connectivity index (χ2n) is 4.14. The van der Waals surface area contributed by atoms with E-state index in [1.165, 1.54) is 13.2 Å². The summed E-state index contributed by atoms with van der Waals surface area (Å²) in [5, 5.41) is 18.9. The third-order valence-electron chi connectivity index (χ3n) is 2.86. The minimum atomic E-state index is -0.689. The summed E-state index contributed by atoms with van der Waals surface area (Å²) in [6, 6.07) is 3.29. The van der Waals surface area contributed by atoms with Crippen LogP contribution < -0.4 is 0 Å². The van der Waals surface area contributed by atoms with E-state index in [9.17, 15) is 14.5 Å². The topological polar surface area (TPSA) is 83.1 Å². The Hall–Kier alpha value is -2.06. The smallest absolute Gasteiger partial charge is 0.283 e. The van der Waals surface area contributed by atoms with Crippen molar-refractivity contribution in [2.45, 2.75) is 12.4 Å². The van der Waals surface area contributed by atoms with Crippen molar-refractivity contribution in [2.24, 2.45) is 0 Å². The molecule has 0 bridgehead atoms. The van der Waals surface area contributed by atoms with Gasteiger partial charge in [-0.05, 0) is 12.1 Å². The standard InChI is InChI=1S/C12H12ClFN4O3/c1-21-5-4-17-11(7-13)15-16-12(17)9-3-2-8(14)6-10(9)18(19)20/h2-3,6H,4-5,7H2,1H3. The Labute approximate surface area is 124 Å². The first-order chi connectivity index (χ1) is 10.1. The lowest BCUT2D eigenvalue weighted by atomic mass is 10.1. The van der Waals surface area contributed by atoms with Gasteiger partial charge >= 0.3 is 0 Å². The molecule has 0 saturated carbocycles. The number of nitro groups is 1. The maximum atomic E-state index is 13.2. The van der Waals surface area contributed by atoms with Crippen LogP contribution in [0.4, 0.5) is 10.1 Å². The van der Waals surface area contributed by atoms with Gasteiger partial charge < -0.3 is 9.30 Å². The highest BCUT2D eigenvalue weighted by Gasteiger charge is 2.22. The fourth-order valence-corrected chi connectivity index (χ4v) is 2.09. The minimum Gasteiger partial charge on any atom is -0.383 e. The molecule has 1 heterocycles. The Morgan fingerprint density at radius 3 is 2.86 bits per heavy atom. The van der Waals surface area contributed by atoms with Gasteiger partial charge in [-0.25, -0.2) is 4.39 Å². The summed E-state index contributed by atoms with van der Waals surface area (Å²) >= 11 is 5.78. The molecule has 21 heavy (non-hydrogen) atoms. The number of alkyl halides is 1. The highest BCUT2D eigenvalue weighted by atomic mass is 35.5. The van der Waals surface area contributed by atoms with E-state index in [1.807, 2.05) is 0 Å². The fraction of sp³-hybridized carbons (Fsp3) is 0.333. The summed E-state index contributed by atoms with van der Waals surface area (Å²) in [7, 11) is 1.53. The zero-order valence-corrected chi connectivity index (χ0v) is 11.9. The first kappa shape index (κ1) is 15.3. The number of nitrogens with zero attached hydrogens (tertiary/aromatic N) is 4. The first-order valence-corrected chi connectivity index (χ1v) is 6.53. The van der Waals surface area contributed by atoms with Crippen LogP contribution in [0, 0.1) is 15.9 Å². The van der Waals surface area contributed by atoms with E-state index in [0.29, 0.717) is 19.0 Å². The summed E-state index contributed by atoms with van der Waals surface area (Å²) in [6.45, 7) is 0.749. The van der Waals surface area contributed by atoms with E-state index in [1.54, 1.807) is 4.57 Å². The number of nitro benzene ring substituents is 1. The van der Waals surface area contributed by atoms with E-state index < -0.39 is 10.7 Å². The molecule has 2 rings (SSSR count). The van der Waals surface area contributed by atoms with Crippen LogP contribution in [0.15, 0.2) is 18.2 Å². The second-order valence-corrected chi connectivity index (χ2v) is 4.40. The lowest BCUT2D eigenvalue weighted by molar-refractivity contribution is -0.384. The van der Waals surface area contributed by atoms with Crippen LogP contribution in [0.2, 0.25) is 0 Å². The van der Waals surface area contributed by atoms with Crippen molar-refractivity contribution in [1.29, 1.82) is 0 Å².